The molecule has 0 atom stereocenters. The van der Waals surface area contributed by atoms with Gasteiger partial charge in [0, 0.05) is 22.3 Å². The van der Waals surface area contributed by atoms with E-state index in [1.807, 2.05) is 0 Å². The minimum absolute atomic E-state index is 0.293. The third kappa shape index (κ3) is 18.5. The smallest absolute Gasteiger partial charge is 0.494 e. The summed E-state index contributed by atoms with van der Waals surface area (Å²) >= 11 is 0. The largest absolute Gasteiger partial charge is 0.673 e. The minimum Gasteiger partial charge on any atom is -0.494 e. The summed E-state index contributed by atoms with van der Waals surface area (Å²) in [6.07, 6.45) is 13.6. The lowest BCUT2D eigenvalue weighted by Gasteiger charge is -2.15. The molecule has 14 heteroatoms. The average molecular weight is 632 g/mol. The molecule has 0 saturated carbocycles. The molecule has 0 N–H and O–H groups in total. The van der Waals surface area contributed by atoms with Crippen LogP contribution in [0.5, 0.6) is 11.5 Å². The Hall–Kier alpha value is -1.69. The van der Waals surface area contributed by atoms with Gasteiger partial charge in [0.05, 0.1) is 25.7 Å². The maximum absolute atomic E-state index is 9.75. The van der Waals surface area contributed by atoms with Gasteiger partial charge in [-0.2, -0.15) is 0 Å². The van der Waals surface area contributed by atoms with Crippen LogP contribution >= 0.6 is 0 Å². The third-order valence-corrected chi connectivity index (χ3v) is 9.34. The maximum atomic E-state index is 9.75. The standard InChI is InChI=1S/C27H38O2S2.2BF4/c1-30-18-22-12-24-16-26(14-22)28-10-8-6-4-3-5-7-9-11-29-27-15-23(19-30)13-25(17-27)21-31(2)20-24;2*2-1(3,4)5/h12-17H,3-11,18-21H2,1-2H3;;/q+2;2*-1. The summed E-state index contributed by atoms with van der Waals surface area (Å²) in [5.41, 5.74) is 5.77. The van der Waals surface area contributed by atoms with E-state index in [9.17, 15) is 34.5 Å². The van der Waals surface area contributed by atoms with E-state index in [1.165, 1.54) is 54.4 Å². The van der Waals surface area contributed by atoms with Crippen molar-refractivity contribution in [2.75, 3.05) is 25.7 Å². The Morgan fingerprint density at radius 1 is 0.463 bits per heavy atom. The van der Waals surface area contributed by atoms with Crippen LogP contribution in [0.25, 0.3) is 0 Å². The Balaban J connectivity index is 0.000000507. The van der Waals surface area contributed by atoms with Crippen LogP contribution in [0.4, 0.5) is 34.5 Å². The molecule has 41 heavy (non-hydrogen) atoms. The van der Waals surface area contributed by atoms with Crippen molar-refractivity contribution < 1.29 is 44.0 Å². The number of rotatable bonds is 0. The lowest BCUT2D eigenvalue weighted by Crippen LogP contribution is -2.12. The van der Waals surface area contributed by atoms with E-state index in [1.54, 1.807) is 0 Å². The number of halogens is 8. The molecule has 3 aliphatic heterocycles. The van der Waals surface area contributed by atoms with Crippen molar-refractivity contribution in [1.82, 2.24) is 0 Å². The Morgan fingerprint density at radius 2 is 0.707 bits per heavy atom. The van der Waals surface area contributed by atoms with E-state index in [4.69, 9.17) is 9.47 Å². The lowest BCUT2D eigenvalue weighted by molar-refractivity contribution is 0.299. The fourth-order valence-corrected chi connectivity index (χ4v) is 7.81. The minimum atomic E-state index is -6.00. The number of fused-ring (bicyclic) bond motifs is 14. The first kappa shape index (κ1) is 35.5. The first-order valence-electron chi connectivity index (χ1n) is 13.6. The summed E-state index contributed by atoms with van der Waals surface area (Å²) in [4.78, 5) is 0. The summed E-state index contributed by atoms with van der Waals surface area (Å²) in [5.74, 6) is 6.68. The summed E-state index contributed by atoms with van der Waals surface area (Å²) < 4.78 is 90.5. The van der Waals surface area contributed by atoms with Crippen molar-refractivity contribution in [2.24, 2.45) is 0 Å². The van der Waals surface area contributed by atoms with E-state index < -0.39 is 14.5 Å². The number of benzene rings is 2. The second kappa shape index (κ2) is 17.4. The van der Waals surface area contributed by atoms with Crippen molar-refractivity contribution in [3.63, 3.8) is 0 Å². The first-order chi connectivity index (χ1) is 19.1. The molecule has 0 unspecified atom stereocenters. The second-order valence-electron chi connectivity index (χ2n) is 10.3. The summed E-state index contributed by atoms with van der Waals surface area (Å²) in [7, 11) is -11.4. The van der Waals surface area contributed by atoms with Gasteiger partial charge in [0.25, 0.3) is 0 Å². The van der Waals surface area contributed by atoms with E-state index in [2.05, 4.69) is 48.9 Å². The Bertz CT molecular complexity index is 915. The molecular formula is C27H38B2F8O2S2. The molecule has 0 spiro atoms. The van der Waals surface area contributed by atoms with Gasteiger partial charge in [-0.1, -0.05) is 32.1 Å². The van der Waals surface area contributed by atoms with E-state index in [0.717, 1.165) is 60.6 Å². The Morgan fingerprint density at radius 3 is 0.976 bits per heavy atom. The fraction of sp³-hybridized carbons (Fsp3) is 0.556. The van der Waals surface area contributed by atoms with Crippen LogP contribution in [0.1, 0.15) is 67.2 Å². The zero-order valence-corrected chi connectivity index (χ0v) is 25.1. The van der Waals surface area contributed by atoms with Crippen LogP contribution in [0.3, 0.4) is 0 Å². The molecule has 3 aliphatic rings. The summed E-state index contributed by atoms with van der Waals surface area (Å²) in [6, 6.07) is 14.1. The van der Waals surface area contributed by atoms with Gasteiger partial charge in [0.2, 0.25) is 0 Å². The van der Waals surface area contributed by atoms with Crippen molar-refractivity contribution in [3.05, 3.63) is 58.7 Å². The maximum Gasteiger partial charge on any atom is 0.673 e. The normalized spacial score (nSPS) is 20.5. The van der Waals surface area contributed by atoms with Crippen molar-refractivity contribution in [3.8, 4) is 11.5 Å². The monoisotopic (exact) mass is 632 g/mol. The van der Waals surface area contributed by atoms with Crippen LogP contribution in [-0.4, -0.2) is 40.2 Å². The molecule has 0 amide bonds. The van der Waals surface area contributed by atoms with Crippen LogP contribution < -0.4 is 9.47 Å². The van der Waals surface area contributed by atoms with Crippen molar-refractivity contribution >= 4 is 36.3 Å². The predicted octanol–water partition coefficient (Wildman–Crippen LogP) is 9.00. The van der Waals surface area contributed by atoms with Gasteiger partial charge in [0.15, 0.2) is 0 Å². The molecule has 0 saturated heterocycles. The van der Waals surface area contributed by atoms with E-state index in [-0.39, 0.29) is 0 Å². The summed E-state index contributed by atoms with van der Waals surface area (Å²) in [5, 5.41) is 0. The highest BCUT2D eigenvalue weighted by atomic mass is 32.2. The quantitative estimate of drug-likeness (QED) is 0.164. The van der Waals surface area contributed by atoms with Crippen LogP contribution in [-0.2, 0) is 44.8 Å². The van der Waals surface area contributed by atoms with Gasteiger partial charge in [0.1, 0.15) is 34.5 Å². The zero-order chi connectivity index (χ0) is 30.5. The SMILES string of the molecule is C[S+]1Cc2cc3cc(c2)OCCCCCCCCCOc2cc(cc(c2)C[S+](C)C3)C1.F[B-](F)(F)F.F[B-](F)(F)F. The molecule has 2 aromatic carbocycles. The molecular weight excluding hydrogens is 594 g/mol. The lowest BCUT2D eigenvalue weighted by atomic mass is 10.1. The van der Waals surface area contributed by atoms with Crippen molar-refractivity contribution in [2.45, 2.75) is 68.0 Å². The molecule has 0 fully saturated rings. The highest BCUT2D eigenvalue weighted by Crippen LogP contribution is 2.28. The van der Waals surface area contributed by atoms with Crippen LogP contribution in [0.15, 0.2) is 36.4 Å². The van der Waals surface area contributed by atoms with E-state index >= 15 is 0 Å². The van der Waals surface area contributed by atoms with Gasteiger partial charge < -0.3 is 44.0 Å². The van der Waals surface area contributed by atoms with Gasteiger partial charge in [-0.25, -0.2) is 0 Å². The molecule has 2 aromatic rings. The number of hydrogen-bond acceptors (Lipinski definition) is 2. The van der Waals surface area contributed by atoms with Crippen LogP contribution in [0.2, 0.25) is 0 Å². The molecule has 0 aromatic heterocycles. The zero-order valence-electron chi connectivity index (χ0n) is 23.5. The van der Waals surface area contributed by atoms with Gasteiger partial charge in [-0.05, 0) is 71.0 Å². The van der Waals surface area contributed by atoms with Crippen LogP contribution in [0, 0.1) is 0 Å². The van der Waals surface area contributed by atoms with Crippen molar-refractivity contribution in [1.29, 1.82) is 0 Å². The highest BCUT2D eigenvalue weighted by molar-refractivity contribution is 7.95. The summed E-state index contributed by atoms with van der Waals surface area (Å²) in [6.45, 7) is 1.69. The molecule has 0 aliphatic carbocycles. The molecule has 3 heterocycles. The van der Waals surface area contributed by atoms with Gasteiger partial charge >= 0.3 is 14.5 Å². The molecule has 0 radical (unpaired) electrons. The number of hydrogen-bond donors (Lipinski definition) is 0. The predicted molar refractivity (Wildman–Crippen MR) is 158 cm³/mol. The Kier molecular flexibility index (Phi) is 15.1. The molecule has 5 rings (SSSR count). The Labute approximate surface area is 243 Å². The number of ether oxygens (including phenoxy) is 2. The molecule has 232 valence electrons. The first-order valence-corrected chi connectivity index (χ1v) is 17.5. The second-order valence-corrected chi connectivity index (χ2v) is 14.6. The highest BCUT2D eigenvalue weighted by Gasteiger charge is 2.22. The average Bonchev–Trinajstić information content (AvgIpc) is 2.79. The van der Waals surface area contributed by atoms with Gasteiger partial charge in [-0.3, -0.25) is 0 Å². The van der Waals surface area contributed by atoms with Gasteiger partial charge in [-0.15, -0.1) is 0 Å². The fourth-order valence-electron chi connectivity index (χ4n) is 4.67. The topological polar surface area (TPSA) is 18.5 Å². The van der Waals surface area contributed by atoms with E-state index in [0.29, 0.717) is 21.8 Å². The third-order valence-electron chi connectivity index (χ3n) is 6.03. The molecule has 6 bridgehead atoms. The molecule has 2 nitrogen and oxygen atoms in total.